The SMILES string of the molecule is CCn1c(CBr)nnc1-c1cc(C)ccc1Br. The van der Waals surface area contributed by atoms with E-state index in [1.165, 1.54) is 5.56 Å². The number of halogens is 2. The minimum atomic E-state index is 0.720. The molecule has 1 aromatic carbocycles. The summed E-state index contributed by atoms with van der Waals surface area (Å²) in [4.78, 5) is 0. The smallest absolute Gasteiger partial charge is 0.165 e. The molecule has 17 heavy (non-hydrogen) atoms. The van der Waals surface area contributed by atoms with Gasteiger partial charge in [-0.15, -0.1) is 10.2 Å². The van der Waals surface area contributed by atoms with E-state index in [4.69, 9.17) is 0 Å². The average molecular weight is 359 g/mol. The van der Waals surface area contributed by atoms with E-state index in [2.05, 4.69) is 72.6 Å². The zero-order chi connectivity index (χ0) is 12.4. The quantitative estimate of drug-likeness (QED) is 0.778. The van der Waals surface area contributed by atoms with Crippen molar-refractivity contribution in [1.82, 2.24) is 14.8 Å². The predicted octanol–water partition coefficient (Wildman–Crippen LogP) is 3.93. The van der Waals surface area contributed by atoms with E-state index in [0.717, 1.165) is 33.6 Å². The lowest BCUT2D eigenvalue weighted by Crippen LogP contribution is -2.02. The van der Waals surface area contributed by atoms with Crippen molar-refractivity contribution in [2.75, 3.05) is 0 Å². The summed E-state index contributed by atoms with van der Waals surface area (Å²) in [6.07, 6.45) is 0. The van der Waals surface area contributed by atoms with Crippen molar-refractivity contribution >= 4 is 31.9 Å². The van der Waals surface area contributed by atoms with Crippen LogP contribution in [-0.2, 0) is 11.9 Å². The largest absolute Gasteiger partial charge is 0.311 e. The van der Waals surface area contributed by atoms with E-state index in [0.29, 0.717) is 0 Å². The second-order valence-electron chi connectivity index (χ2n) is 3.80. The fraction of sp³-hybridized carbons (Fsp3) is 0.333. The monoisotopic (exact) mass is 357 g/mol. The van der Waals surface area contributed by atoms with Gasteiger partial charge in [0.25, 0.3) is 0 Å². The highest BCUT2D eigenvalue weighted by molar-refractivity contribution is 9.10. The second-order valence-corrected chi connectivity index (χ2v) is 5.22. The van der Waals surface area contributed by atoms with Gasteiger partial charge in [-0.05, 0) is 26.0 Å². The highest BCUT2D eigenvalue weighted by atomic mass is 79.9. The van der Waals surface area contributed by atoms with E-state index in [9.17, 15) is 0 Å². The molecule has 3 nitrogen and oxygen atoms in total. The third-order valence-electron chi connectivity index (χ3n) is 2.63. The van der Waals surface area contributed by atoms with Crippen molar-refractivity contribution in [3.8, 4) is 11.4 Å². The molecule has 0 saturated carbocycles. The Morgan fingerprint density at radius 1 is 1.29 bits per heavy atom. The van der Waals surface area contributed by atoms with Gasteiger partial charge in [-0.25, -0.2) is 0 Å². The van der Waals surface area contributed by atoms with E-state index in [1.807, 2.05) is 6.07 Å². The standard InChI is InChI=1S/C12H13Br2N3/c1-3-17-11(7-13)15-16-12(17)9-6-8(2)4-5-10(9)14/h4-6H,3,7H2,1-2H3. The van der Waals surface area contributed by atoms with Crippen LogP contribution in [0.1, 0.15) is 18.3 Å². The molecule has 0 aliphatic heterocycles. The first kappa shape index (κ1) is 12.8. The van der Waals surface area contributed by atoms with Crippen LogP contribution in [0.2, 0.25) is 0 Å². The molecule has 1 aromatic heterocycles. The summed E-state index contributed by atoms with van der Waals surface area (Å²) in [5, 5.41) is 9.20. The number of hydrogen-bond donors (Lipinski definition) is 0. The van der Waals surface area contributed by atoms with Crippen molar-refractivity contribution in [3.05, 3.63) is 34.1 Å². The normalized spacial score (nSPS) is 10.8. The zero-order valence-corrected chi connectivity index (χ0v) is 12.9. The topological polar surface area (TPSA) is 30.7 Å². The first-order valence-corrected chi connectivity index (χ1v) is 7.33. The van der Waals surface area contributed by atoms with Gasteiger partial charge >= 0.3 is 0 Å². The van der Waals surface area contributed by atoms with Crippen LogP contribution < -0.4 is 0 Å². The van der Waals surface area contributed by atoms with Crippen LogP contribution in [0.5, 0.6) is 0 Å². The lowest BCUT2D eigenvalue weighted by atomic mass is 10.1. The summed E-state index contributed by atoms with van der Waals surface area (Å²) in [5.74, 6) is 1.87. The summed E-state index contributed by atoms with van der Waals surface area (Å²) < 4.78 is 3.17. The molecule has 0 fully saturated rings. The number of aromatic nitrogens is 3. The van der Waals surface area contributed by atoms with Crippen LogP contribution in [0.4, 0.5) is 0 Å². The maximum atomic E-state index is 4.28. The summed E-state index contributed by atoms with van der Waals surface area (Å²) in [5.41, 5.74) is 2.31. The summed E-state index contributed by atoms with van der Waals surface area (Å²) >= 11 is 7.00. The van der Waals surface area contributed by atoms with Crippen molar-refractivity contribution in [3.63, 3.8) is 0 Å². The van der Waals surface area contributed by atoms with Gasteiger partial charge in [-0.2, -0.15) is 0 Å². The molecule has 0 bridgehead atoms. The average Bonchev–Trinajstić information content (AvgIpc) is 2.74. The Morgan fingerprint density at radius 3 is 2.71 bits per heavy atom. The van der Waals surface area contributed by atoms with Gasteiger partial charge in [-0.1, -0.05) is 43.5 Å². The Balaban J connectivity index is 2.59. The van der Waals surface area contributed by atoms with Gasteiger partial charge in [0.15, 0.2) is 5.82 Å². The molecule has 0 amide bonds. The number of benzene rings is 1. The molecule has 2 aromatic rings. The highest BCUT2D eigenvalue weighted by Gasteiger charge is 2.14. The van der Waals surface area contributed by atoms with Crippen LogP contribution in [0.3, 0.4) is 0 Å². The lowest BCUT2D eigenvalue weighted by Gasteiger charge is -2.08. The lowest BCUT2D eigenvalue weighted by molar-refractivity contribution is 0.733. The highest BCUT2D eigenvalue weighted by Crippen LogP contribution is 2.28. The molecule has 0 saturated heterocycles. The molecule has 0 aliphatic rings. The Hall–Kier alpha value is -0.680. The van der Waals surface area contributed by atoms with Crippen LogP contribution >= 0.6 is 31.9 Å². The maximum Gasteiger partial charge on any atom is 0.165 e. The molecule has 0 spiro atoms. The summed E-state index contributed by atoms with van der Waals surface area (Å²) in [7, 11) is 0. The Kier molecular flexibility index (Phi) is 3.99. The molecule has 2 rings (SSSR count). The van der Waals surface area contributed by atoms with Crippen LogP contribution in [0.25, 0.3) is 11.4 Å². The molecule has 0 aliphatic carbocycles. The number of nitrogens with zero attached hydrogens (tertiary/aromatic N) is 3. The van der Waals surface area contributed by atoms with E-state index >= 15 is 0 Å². The van der Waals surface area contributed by atoms with Gasteiger partial charge in [0.05, 0.1) is 5.33 Å². The molecule has 0 unspecified atom stereocenters. The third-order valence-corrected chi connectivity index (χ3v) is 3.82. The molecule has 0 atom stereocenters. The van der Waals surface area contributed by atoms with Crippen molar-refractivity contribution in [2.45, 2.75) is 25.7 Å². The van der Waals surface area contributed by atoms with Gasteiger partial charge < -0.3 is 4.57 Å². The minimum absolute atomic E-state index is 0.720. The molecule has 1 heterocycles. The maximum absolute atomic E-state index is 4.28. The number of rotatable bonds is 3. The first-order valence-electron chi connectivity index (χ1n) is 5.42. The van der Waals surface area contributed by atoms with Gasteiger partial charge in [0.2, 0.25) is 0 Å². The zero-order valence-electron chi connectivity index (χ0n) is 9.74. The second kappa shape index (κ2) is 5.31. The fourth-order valence-electron chi connectivity index (χ4n) is 1.78. The van der Waals surface area contributed by atoms with Crippen molar-refractivity contribution in [1.29, 1.82) is 0 Å². The van der Waals surface area contributed by atoms with Gasteiger partial charge in [-0.3, -0.25) is 0 Å². The number of aryl methyl sites for hydroxylation is 1. The molecule has 0 N–H and O–H groups in total. The molecule has 5 heteroatoms. The van der Waals surface area contributed by atoms with E-state index < -0.39 is 0 Å². The summed E-state index contributed by atoms with van der Waals surface area (Å²) in [6.45, 7) is 5.04. The number of alkyl halides is 1. The van der Waals surface area contributed by atoms with Crippen LogP contribution in [0.15, 0.2) is 22.7 Å². The van der Waals surface area contributed by atoms with E-state index in [-0.39, 0.29) is 0 Å². The summed E-state index contributed by atoms with van der Waals surface area (Å²) in [6, 6.07) is 6.25. The van der Waals surface area contributed by atoms with Gasteiger partial charge in [0, 0.05) is 16.6 Å². The predicted molar refractivity (Wildman–Crippen MR) is 76.2 cm³/mol. The molecular weight excluding hydrogens is 346 g/mol. The Bertz CT molecular complexity index is 535. The molecule has 90 valence electrons. The van der Waals surface area contributed by atoms with Crippen LogP contribution in [0, 0.1) is 6.92 Å². The third kappa shape index (κ3) is 2.45. The molecular formula is C12H13Br2N3. The van der Waals surface area contributed by atoms with E-state index in [1.54, 1.807) is 0 Å². The van der Waals surface area contributed by atoms with Gasteiger partial charge in [0.1, 0.15) is 5.82 Å². The minimum Gasteiger partial charge on any atom is -0.311 e. The fourth-order valence-corrected chi connectivity index (χ4v) is 2.61. The van der Waals surface area contributed by atoms with Crippen molar-refractivity contribution in [2.24, 2.45) is 0 Å². The number of hydrogen-bond acceptors (Lipinski definition) is 2. The first-order chi connectivity index (χ1) is 8.17. The Labute approximate surface area is 118 Å². The molecule has 0 radical (unpaired) electrons. The van der Waals surface area contributed by atoms with Crippen LogP contribution in [-0.4, -0.2) is 14.8 Å². The van der Waals surface area contributed by atoms with Crippen molar-refractivity contribution < 1.29 is 0 Å². The Morgan fingerprint density at radius 2 is 2.06 bits per heavy atom.